The van der Waals surface area contributed by atoms with Crippen molar-refractivity contribution in [2.75, 3.05) is 19.7 Å². The van der Waals surface area contributed by atoms with Gasteiger partial charge in [-0.25, -0.2) is 0 Å². The predicted octanol–water partition coefficient (Wildman–Crippen LogP) is 0.266. The van der Waals surface area contributed by atoms with E-state index in [-0.39, 0.29) is 18.6 Å². The van der Waals surface area contributed by atoms with Crippen molar-refractivity contribution in [3.63, 3.8) is 0 Å². The minimum Gasteiger partial charge on any atom is -0.368 e. The van der Waals surface area contributed by atoms with E-state index in [4.69, 9.17) is 10.5 Å². The summed E-state index contributed by atoms with van der Waals surface area (Å²) in [6.07, 6.45) is 4.84. The van der Waals surface area contributed by atoms with Gasteiger partial charge in [-0.15, -0.1) is 0 Å². The van der Waals surface area contributed by atoms with Crippen LogP contribution >= 0.6 is 0 Å². The summed E-state index contributed by atoms with van der Waals surface area (Å²) in [6.45, 7) is 1.79. The van der Waals surface area contributed by atoms with Crippen LogP contribution in [0.2, 0.25) is 0 Å². The lowest BCUT2D eigenvalue weighted by atomic mass is 9.82. The smallest absolute Gasteiger partial charge is 0.246 e. The third-order valence-electron chi connectivity index (χ3n) is 3.26. The second-order valence-corrected chi connectivity index (χ2v) is 4.75. The molecule has 2 fully saturated rings. The maximum atomic E-state index is 11.3. The Morgan fingerprint density at radius 3 is 2.67 bits per heavy atom. The Balaban J connectivity index is 1.48. The van der Waals surface area contributed by atoms with Crippen molar-refractivity contribution in [2.45, 2.75) is 31.8 Å². The average Bonchev–Trinajstić information content (AvgIpc) is 2.96. The molecule has 0 saturated heterocycles. The summed E-state index contributed by atoms with van der Waals surface area (Å²) >= 11 is 0. The van der Waals surface area contributed by atoms with Gasteiger partial charge in [0.2, 0.25) is 5.91 Å². The molecule has 0 aromatic carbocycles. The first-order chi connectivity index (χ1) is 7.28. The zero-order valence-corrected chi connectivity index (χ0v) is 9.08. The molecule has 0 bridgehead atoms. The van der Waals surface area contributed by atoms with Gasteiger partial charge in [-0.05, 0) is 44.1 Å². The molecule has 0 radical (unpaired) electrons. The molecular formula is C11H20N2O2. The Labute approximate surface area is 90.5 Å². The van der Waals surface area contributed by atoms with Gasteiger partial charge in [0, 0.05) is 6.54 Å². The highest BCUT2D eigenvalue weighted by Crippen LogP contribution is 2.29. The van der Waals surface area contributed by atoms with Gasteiger partial charge >= 0.3 is 0 Å². The molecule has 1 amide bonds. The Morgan fingerprint density at radius 2 is 2.07 bits per heavy atom. The molecule has 0 aromatic rings. The number of hydrogen-bond acceptors (Lipinski definition) is 3. The van der Waals surface area contributed by atoms with E-state index < -0.39 is 0 Å². The number of nitrogens with one attached hydrogen (secondary N) is 1. The van der Waals surface area contributed by atoms with Gasteiger partial charge in [-0.2, -0.15) is 0 Å². The first-order valence-electron chi connectivity index (χ1n) is 5.86. The molecule has 2 saturated carbocycles. The molecule has 0 spiro atoms. The summed E-state index contributed by atoms with van der Waals surface area (Å²) in [5.41, 5.74) is 5.51. The molecule has 2 aliphatic rings. The van der Waals surface area contributed by atoms with Crippen molar-refractivity contribution in [3.8, 4) is 0 Å². The second-order valence-electron chi connectivity index (χ2n) is 4.75. The van der Waals surface area contributed by atoms with Gasteiger partial charge in [0.05, 0.1) is 6.10 Å². The van der Waals surface area contributed by atoms with Crippen LogP contribution in [0.5, 0.6) is 0 Å². The number of carbonyl (C=O) groups excluding carboxylic acids is 1. The minimum absolute atomic E-state index is 0.0260. The lowest BCUT2D eigenvalue weighted by Gasteiger charge is -2.33. The summed E-state index contributed by atoms with van der Waals surface area (Å²) in [4.78, 5) is 11.3. The van der Waals surface area contributed by atoms with Gasteiger partial charge in [0.25, 0.3) is 0 Å². The summed E-state index contributed by atoms with van der Waals surface area (Å²) in [5.74, 6) is 1.38. The summed E-state index contributed by atoms with van der Waals surface area (Å²) in [5, 5.41) is 2.88. The van der Waals surface area contributed by atoms with Crippen LogP contribution in [0.3, 0.4) is 0 Å². The second kappa shape index (κ2) is 4.94. The maximum Gasteiger partial charge on any atom is 0.246 e. The Hall–Kier alpha value is -0.610. The SMILES string of the molecule is NCC1CC(OCC(=O)NCC2CC2)C1. The van der Waals surface area contributed by atoms with Crippen LogP contribution in [0.1, 0.15) is 25.7 Å². The number of amides is 1. The zero-order chi connectivity index (χ0) is 10.7. The number of hydrogen-bond donors (Lipinski definition) is 2. The van der Waals surface area contributed by atoms with E-state index in [1.165, 1.54) is 12.8 Å². The number of rotatable bonds is 6. The summed E-state index contributed by atoms with van der Waals surface area (Å²) in [6, 6.07) is 0. The average molecular weight is 212 g/mol. The third-order valence-corrected chi connectivity index (χ3v) is 3.26. The highest BCUT2D eigenvalue weighted by atomic mass is 16.5. The number of ether oxygens (including phenoxy) is 1. The highest BCUT2D eigenvalue weighted by molar-refractivity contribution is 5.77. The molecule has 3 N–H and O–H groups in total. The Kier molecular flexibility index (Phi) is 3.59. The largest absolute Gasteiger partial charge is 0.368 e. The van der Waals surface area contributed by atoms with E-state index in [2.05, 4.69) is 5.32 Å². The van der Waals surface area contributed by atoms with Crippen LogP contribution in [-0.2, 0) is 9.53 Å². The molecule has 15 heavy (non-hydrogen) atoms. The van der Waals surface area contributed by atoms with Gasteiger partial charge in [0.15, 0.2) is 0 Å². The highest BCUT2D eigenvalue weighted by Gasteiger charge is 2.29. The van der Waals surface area contributed by atoms with Crippen molar-refractivity contribution in [1.29, 1.82) is 0 Å². The fraction of sp³-hybridized carbons (Fsp3) is 0.909. The van der Waals surface area contributed by atoms with Crippen LogP contribution in [0.4, 0.5) is 0 Å². The molecule has 86 valence electrons. The molecular weight excluding hydrogens is 192 g/mol. The molecule has 2 rings (SSSR count). The molecule has 0 aliphatic heterocycles. The number of carbonyl (C=O) groups is 1. The summed E-state index contributed by atoms with van der Waals surface area (Å²) in [7, 11) is 0. The molecule has 2 aliphatic carbocycles. The lowest BCUT2D eigenvalue weighted by Crippen LogP contribution is -2.38. The topological polar surface area (TPSA) is 64.3 Å². The van der Waals surface area contributed by atoms with Gasteiger partial charge in [-0.3, -0.25) is 4.79 Å². The maximum absolute atomic E-state index is 11.3. The van der Waals surface area contributed by atoms with Crippen molar-refractivity contribution < 1.29 is 9.53 Å². The fourth-order valence-corrected chi connectivity index (χ4v) is 1.83. The molecule has 4 nitrogen and oxygen atoms in total. The van der Waals surface area contributed by atoms with Crippen LogP contribution in [-0.4, -0.2) is 31.7 Å². The molecule has 0 aromatic heterocycles. The Morgan fingerprint density at radius 1 is 1.33 bits per heavy atom. The van der Waals surface area contributed by atoms with Crippen LogP contribution in [0, 0.1) is 11.8 Å². The standard InChI is InChI=1S/C11H20N2O2/c12-5-9-3-10(4-9)15-7-11(14)13-6-8-1-2-8/h8-10H,1-7,12H2,(H,13,14). The Bertz CT molecular complexity index is 223. The monoisotopic (exact) mass is 212 g/mol. The third kappa shape index (κ3) is 3.47. The van der Waals surface area contributed by atoms with Crippen LogP contribution in [0.25, 0.3) is 0 Å². The van der Waals surface area contributed by atoms with E-state index in [0.29, 0.717) is 5.92 Å². The fourth-order valence-electron chi connectivity index (χ4n) is 1.83. The van der Waals surface area contributed by atoms with Crippen LogP contribution in [0.15, 0.2) is 0 Å². The first kappa shape index (κ1) is 10.9. The zero-order valence-electron chi connectivity index (χ0n) is 9.08. The van der Waals surface area contributed by atoms with Crippen molar-refractivity contribution in [1.82, 2.24) is 5.32 Å². The normalized spacial score (nSPS) is 29.7. The van der Waals surface area contributed by atoms with E-state index >= 15 is 0 Å². The molecule has 0 unspecified atom stereocenters. The van der Waals surface area contributed by atoms with Gasteiger partial charge < -0.3 is 15.8 Å². The number of nitrogens with two attached hydrogens (primary N) is 1. The molecule has 0 atom stereocenters. The van der Waals surface area contributed by atoms with Gasteiger partial charge in [-0.1, -0.05) is 0 Å². The van der Waals surface area contributed by atoms with Crippen molar-refractivity contribution in [2.24, 2.45) is 17.6 Å². The van der Waals surface area contributed by atoms with E-state index in [0.717, 1.165) is 31.8 Å². The van der Waals surface area contributed by atoms with Gasteiger partial charge in [0.1, 0.15) is 6.61 Å². The quantitative estimate of drug-likeness (QED) is 0.664. The van der Waals surface area contributed by atoms with Crippen LogP contribution < -0.4 is 11.1 Å². The van der Waals surface area contributed by atoms with E-state index in [1.54, 1.807) is 0 Å². The van der Waals surface area contributed by atoms with Crippen molar-refractivity contribution in [3.05, 3.63) is 0 Å². The molecule has 0 heterocycles. The van der Waals surface area contributed by atoms with E-state index in [9.17, 15) is 4.79 Å². The first-order valence-corrected chi connectivity index (χ1v) is 5.86. The minimum atomic E-state index is 0.0260. The summed E-state index contributed by atoms with van der Waals surface area (Å²) < 4.78 is 5.46. The lowest BCUT2D eigenvalue weighted by molar-refractivity contribution is -0.131. The molecule has 4 heteroatoms. The van der Waals surface area contributed by atoms with Crippen molar-refractivity contribution >= 4 is 5.91 Å². The van der Waals surface area contributed by atoms with E-state index in [1.807, 2.05) is 0 Å². The predicted molar refractivity (Wildman–Crippen MR) is 57.3 cm³/mol.